The standard InChI is InChI=1S/C24H25ClFNO4/c25-18-8-7-17(10-19(18)26)31-12-22(30)27-24-13-23(14-24,15-24)11-21(29)20(28)9-6-16-4-2-1-3-5-16/h1-5,7-8,10,20,28H,6,9,11-15H2,(H,27,30)/t20-,23?,24?/m1/s1. The van der Waals surface area contributed by atoms with Gasteiger partial charge >= 0.3 is 0 Å². The van der Waals surface area contributed by atoms with Gasteiger partial charge in [-0.05, 0) is 55.2 Å². The van der Waals surface area contributed by atoms with Crippen molar-refractivity contribution in [2.45, 2.75) is 50.2 Å². The summed E-state index contributed by atoms with van der Waals surface area (Å²) in [5.74, 6) is -0.765. The van der Waals surface area contributed by atoms with E-state index in [1.807, 2.05) is 30.3 Å². The first-order valence-electron chi connectivity index (χ1n) is 10.4. The largest absolute Gasteiger partial charge is 0.484 e. The van der Waals surface area contributed by atoms with Crippen molar-refractivity contribution in [1.29, 1.82) is 0 Å². The molecule has 0 unspecified atom stereocenters. The maximum atomic E-state index is 13.4. The van der Waals surface area contributed by atoms with Crippen molar-refractivity contribution in [2.75, 3.05) is 6.61 Å². The highest BCUT2D eigenvalue weighted by atomic mass is 35.5. The van der Waals surface area contributed by atoms with Crippen LogP contribution in [0, 0.1) is 11.2 Å². The molecular formula is C24H25ClFNO4. The molecule has 7 heteroatoms. The number of Topliss-reactive ketones (excluding diaryl/α,β-unsaturated/α-hetero) is 1. The summed E-state index contributed by atoms with van der Waals surface area (Å²) in [4.78, 5) is 24.6. The number of hydrogen-bond donors (Lipinski definition) is 2. The van der Waals surface area contributed by atoms with Crippen molar-refractivity contribution in [2.24, 2.45) is 5.41 Å². The minimum absolute atomic E-state index is 0.00398. The number of benzene rings is 2. The van der Waals surface area contributed by atoms with Gasteiger partial charge in [-0.2, -0.15) is 0 Å². The molecule has 0 radical (unpaired) electrons. The van der Waals surface area contributed by atoms with Gasteiger partial charge in [-0.3, -0.25) is 9.59 Å². The smallest absolute Gasteiger partial charge is 0.258 e. The Hall–Kier alpha value is -2.44. The van der Waals surface area contributed by atoms with Crippen molar-refractivity contribution in [3.63, 3.8) is 0 Å². The number of aliphatic hydroxyl groups excluding tert-OH is 1. The van der Waals surface area contributed by atoms with Crippen LogP contribution >= 0.6 is 11.6 Å². The van der Waals surface area contributed by atoms with E-state index in [-0.39, 0.29) is 40.0 Å². The highest BCUT2D eigenvalue weighted by Gasteiger charge is 2.68. The summed E-state index contributed by atoms with van der Waals surface area (Å²) in [5, 5.41) is 13.2. The fourth-order valence-corrected chi connectivity index (χ4v) is 5.08. The van der Waals surface area contributed by atoms with Crippen molar-refractivity contribution >= 4 is 23.3 Å². The Bertz CT molecular complexity index is 961. The molecule has 1 atom stereocenters. The first-order valence-corrected chi connectivity index (χ1v) is 10.8. The van der Waals surface area contributed by atoms with Crippen LogP contribution in [0.4, 0.5) is 4.39 Å². The van der Waals surface area contributed by atoms with Crippen LogP contribution < -0.4 is 10.1 Å². The Morgan fingerprint density at radius 2 is 1.87 bits per heavy atom. The predicted octanol–water partition coefficient (Wildman–Crippen LogP) is 3.85. The number of aryl methyl sites for hydroxylation is 1. The predicted molar refractivity (Wildman–Crippen MR) is 114 cm³/mol. The summed E-state index contributed by atoms with van der Waals surface area (Å²) in [6.07, 6.45) is 2.69. The van der Waals surface area contributed by atoms with Gasteiger partial charge in [0.15, 0.2) is 12.4 Å². The molecule has 0 aromatic heterocycles. The van der Waals surface area contributed by atoms with Gasteiger partial charge in [0.25, 0.3) is 5.91 Å². The zero-order valence-corrected chi connectivity index (χ0v) is 17.8. The molecule has 0 aliphatic heterocycles. The Labute approximate surface area is 185 Å². The van der Waals surface area contributed by atoms with E-state index in [4.69, 9.17) is 16.3 Å². The molecule has 3 aliphatic rings. The molecule has 0 heterocycles. The minimum atomic E-state index is -0.951. The monoisotopic (exact) mass is 445 g/mol. The third kappa shape index (κ3) is 4.91. The fourth-order valence-electron chi connectivity index (χ4n) is 4.96. The summed E-state index contributed by atoms with van der Waals surface area (Å²) in [6, 6.07) is 13.8. The van der Waals surface area contributed by atoms with Crippen LogP contribution in [0.1, 0.15) is 37.7 Å². The first-order chi connectivity index (χ1) is 14.8. The molecule has 31 heavy (non-hydrogen) atoms. The average Bonchev–Trinajstić information content (AvgIpc) is 2.71. The summed E-state index contributed by atoms with van der Waals surface area (Å²) in [5.41, 5.74) is 0.726. The second kappa shape index (κ2) is 8.60. The molecule has 0 saturated heterocycles. The van der Waals surface area contributed by atoms with Gasteiger partial charge in [-0.15, -0.1) is 0 Å². The number of rotatable bonds is 10. The first kappa shape index (κ1) is 21.8. The molecule has 2 aromatic carbocycles. The van der Waals surface area contributed by atoms with E-state index in [9.17, 15) is 19.1 Å². The SMILES string of the molecule is O=C(COc1ccc(Cl)c(F)c1)NC12CC(CC(=O)[C@H](O)CCc3ccccc3)(C1)C2. The lowest BCUT2D eigenvalue weighted by Gasteiger charge is -2.70. The van der Waals surface area contributed by atoms with Gasteiger partial charge in [0.2, 0.25) is 0 Å². The van der Waals surface area contributed by atoms with E-state index in [0.29, 0.717) is 19.3 Å². The number of nitrogens with one attached hydrogen (secondary N) is 1. The van der Waals surface area contributed by atoms with Crippen LogP contribution in [0.15, 0.2) is 48.5 Å². The number of ketones is 1. The van der Waals surface area contributed by atoms with Gasteiger partial charge in [0.05, 0.1) is 5.02 Å². The molecular weight excluding hydrogens is 421 g/mol. The molecule has 2 N–H and O–H groups in total. The normalized spacial score (nSPS) is 24.5. The Morgan fingerprint density at radius 1 is 1.16 bits per heavy atom. The number of ether oxygens (including phenoxy) is 1. The van der Waals surface area contributed by atoms with Crippen molar-refractivity contribution in [1.82, 2.24) is 5.32 Å². The van der Waals surface area contributed by atoms with Crippen LogP contribution in [-0.2, 0) is 16.0 Å². The summed E-state index contributed by atoms with van der Waals surface area (Å²) in [6.45, 7) is -0.215. The average molecular weight is 446 g/mol. The highest BCUT2D eigenvalue weighted by Crippen LogP contribution is 2.69. The minimum Gasteiger partial charge on any atom is -0.484 e. The fraction of sp³-hybridized carbons (Fsp3) is 0.417. The molecule has 3 aliphatic carbocycles. The second-order valence-electron chi connectivity index (χ2n) is 8.91. The lowest BCUT2D eigenvalue weighted by atomic mass is 9.38. The molecule has 164 valence electrons. The van der Waals surface area contributed by atoms with Gasteiger partial charge in [-0.1, -0.05) is 41.9 Å². The van der Waals surface area contributed by atoms with Crippen LogP contribution in [0.5, 0.6) is 5.75 Å². The van der Waals surface area contributed by atoms with Crippen molar-refractivity contribution in [3.8, 4) is 5.75 Å². The van der Waals surface area contributed by atoms with Gasteiger partial charge in [-0.25, -0.2) is 4.39 Å². The summed E-state index contributed by atoms with van der Waals surface area (Å²) in [7, 11) is 0. The van der Waals surface area contributed by atoms with Crippen molar-refractivity contribution < 1.29 is 23.8 Å². The Morgan fingerprint density at radius 3 is 2.55 bits per heavy atom. The number of amides is 1. The van der Waals surface area contributed by atoms with E-state index in [2.05, 4.69) is 5.32 Å². The molecule has 3 fully saturated rings. The Balaban J connectivity index is 1.17. The highest BCUT2D eigenvalue weighted by molar-refractivity contribution is 6.30. The lowest BCUT2D eigenvalue weighted by Crippen LogP contribution is -2.75. The molecule has 0 spiro atoms. The zero-order valence-electron chi connectivity index (χ0n) is 17.1. The summed E-state index contributed by atoms with van der Waals surface area (Å²) < 4.78 is 18.7. The topological polar surface area (TPSA) is 75.6 Å². The maximum Gasteiger partial charge on any atom is 0.258 e. The Kier molecular flexibility index (Phi) is 6.04. The van der Waals surface area contributed by atoms with E-state index >= 15 is 0 Å². The summed E-state index contributed by atoms with van der Waals surface area (Å²) >= 11 is 5.63. The number of halogens is 2. The van der Waals surface area contributed by atoms with Crippen LogP contribution in [0.3, 0.4) is 0 Å². The maximum absolute atomic E-state index is 13.4. The van der Waals surface area contributed by atoms with Crippen LogP contribution in [0.25, 0.3) is 0 Å². The molecule has 2 aromatic rings. The van der Waals surface area contributed by atoms with Crippen LogP contribution in [-0.4, -0.2) is 35.0 Å². The lowest BCUT2D eigenvalue weighted by molar-refractivity contribution is -0.175. The van der Waals surface area contributed by atoms with Gasteiger partial charge in [0.1, 0.15) is 17.7 Å². The van der Waals surface area contributed by atoms with Gasteiger partial charge < -0.3 is 15.2 Å². The zero-order chi connectivity index (χ0) is 22.1. The van der Waals surface area contributed by atoms with Crippen molar-refractivity contribution in [3.05, 3.63) is 64.9 Å². The van der Waals surface area contributed by atoms with E-state index in [1.54, 1.807) is 0 Å². The third-order valence-electron chi connectivity index (χ3n) is 6.28. The van der Waals surface area contributed by atoms with Crippen LogP contribution in [0.2, 0.25) is 5.02 Å². The van der Waals surface area contributed by atoms with E-state index in [0.717, 1.165) is 30.9 Å². The number of aliphatic hydroxyl groups is 1. The number of hydrogen-bond acceptors (Lipinski definition) is 4. The molecule has 2 bridgehead atoms. The molecule has 5 rings (SSSR count). The van der Waals surface area contributed by atoms with E-state index < -0.39 is 11.9 Å². The molecule has 1 amide bonds. The number of carbonyl (C=O) groups excluding carboxylic acids is 2. The molecule has 5 nitrogen and oxygen atoms in total. The second-order valence-corrected chi connectivity index (χ2v) is 9.31. The van der Waals surface area contributed by atoms with E-state index in [1.165, 1.54) is 12.1 Å². The third-order valence-corrected chi connectivity index (χ3v) is 6.58. The number of carbonyl (C=O) groups is 2. The molecule has 3 saturated carbocycles. The quantitative estimate of drug-likeness (QED) is 0.582. The van der Waals surface area contributed by atoms with Gasteiger partial charge in [0, 0.05) is 18.0 Å².